The molecule has 0 aromatic carbocycles. The van der Waals surface area contributed by atoms with Crippen LogP contribution >= 0.6 is 11.6 Å². The maximum atomic E-state index is 11.7. The molecule has 0 nitrogen and oxygen atoms in total. The summed E-state index contributed by atoms with van der Waals surface area (Å²) in [5.74, 6) is -3.34. The van der Waals surface area contributed by atoms with Crippen LogP contribution in [0.1, 0.15) is 0 Å². The van der Waals surface area contributed by atoms with E-state index >= 15 is 0 Å². The predicted octanol–water partition coefficient (Wildman–Crippen LogP) is 3.53. The lowest BCUT2D eigenvalue weighted by atomic mass is 10.4. The fourth-order valence-corrected chi connectivity index (χ4v) is 0.356. The molecule has 0 amide bonds. The molecule has 0 saturated heterocycles. The van der Waals surface area contributed by atoms with E-state index in [4.69, 9.17) is 0 Å². The van der Waals surface area contributed by atoms with Crippen LogP contribution in [-0.2, 0) is 0 Å². The first kappa shape index (κ1) is 11.5. The van der Waals surface area contributed by atoms with Crippen LogP contribution in [0.3, 0.4) is 0 Å². The summed E-state index contributed by atoms with van der Waals surface area (Å²) < 4.78 is 79.2. The number of rotatable bonds is 0. The minimum Gasteiger partial charge on any atom is -0.200 e. The monoisotopic (exact) mass is 216 g/mol. The molecule has 0 aliphatic carbocycles. The van der Waals surface area contributed by atoms with E-state index in [0.717, 1.165) is 0 Å². The van der Waals surface area contributed by atoms with E-state index in [9.17, 15) is 30.7 Å². The molecule has 0 fully saturated rings. The Kier molecular flexibility index (Phi) is 3.00. The minimum atomic E-state index is -5.70. The van der Waals surface area contributed by atoms with Crippen molar-refractivity contribution in [2.24, 2.45) is 0 Å². The Hall–Kier alpha value is -0.460. The highest BCUT2D eigenvalue weighted by molar-refractivity contribution is 6.30. The number of hydrogen-bond acceptors (Lipinski definition) is 0. The van der Waals surface area contributed by atoms with Gasteiger partial charge in [-0.2, -0.15) is 26.3 Å². The van der Waals surface area contributed by atoms with Gasteiger partial charge in [-0.1, -0.05) is 11.6 Å². The van der Waals surface area contributed by atoms with Crippen molar-refractivity contribution in [1.82, 2.24) is 0 Å². The molecule has 0 aliphatic rings. The van der Waals surface area contributed by atoms with E-state index in [2.05, 4.69) is 11.6 Å². The molecule has 0 unspecified atom stereocenters. The second-order valence-corrected chi connectivity index (χ2v) is 2.00. The van der Waals surface area contributed by atoms with Crippen LogP contribution in [0.4, 0.5) is 30.7 Å². The van der Waals surface area contributed by atoms with Gasteiger partial charge >= 0.3 is 12.4 Å². The largest absolute Gasteiger partial charge is 0.444 e. The zero-order valence-corrected chi connectivity index (χ0v) is 5.78. The Morgan fingerprint density at radius 2 is 1.17 bits per heavy atom. The molecular formula is C4ClF7. The van der Waals surface area contributed by atoms with Gasteiger partial charge in [-0.3, -0.25) is 0 Å². The van der Waals surface area contributed by atoms with E-state index in [0.29, 0.717) is 0 Å². The van der Waals surface area contributed by atoms with Crippen LogP contribution in [0.2, 0.25) is 0 Å². The predicted molar refractivity (Wildman–Crippen MR) is 26.1 cm³/mol. The highest BCUT2D eigenvalue weighted by Gasteiger charge is 2.45. The molecule has 8 heteroatoms. The fourth-order valence-electron chi connectivity index (χ4n) is 0.249. The van der Waals surface area contributed by atoms with Crippen LogP contribution in [0.15, 0.2) is 10.9 Å². The van der Waals surface area contributed by atoms with E-state index < -0.39 is 23.2 Å². The van der Waals surface area contributed by atoms with Gasteiger partial charge in [0, 0.05) is 0 Å². The number of allylic oxidation sites excluding steroid dienone is 2. The van der Waals surface area contributed by atoms with Gasteiger partial charge in [-0.05, 0) is 0 Å². The van der Waals surface area contributed by atoms with Gasteiger partial charge in [-0.15, -0.1) is 0 Å². The van der Waals surface area contributed by atoms with Crippen molar-refractivity contribution < 1.29 is 30.7 Å². The highest BCUT2D eigenvalue weighted by atomic mass is 35.5. The molecule has 0 N–H and O–H groups in total. The molecule has 0 spiro atoms. The topological polar surface area (TPSA) is 0 Å². The summed E-state index contributed by atoms with van der Waals surface area (Å²) in [7, 11) is 0. The summed E-state index contributed by atoms with van der Waals surface area (Å²) in [4.78, 5) is 0. The third kappa shape index (κ3) is 2.88. The lowest BCUT2D eigenvalue weighted by Crippen LogP contribution is -2.17. The number of alkyl halides is 6. The normalized spacial score (nSPS) is 16.0. The molecule has 0 aliphatic heterocycles. The molecule has 0 heterocycles. The summed E-state index contributed by atoms with van der Waals surface area (Å²) in [5.41, 5.74) is 0. The van der Waals surface area contributed by atoms with Gasteiger partial charge in [0.2, 0.25) is 5.83 Å². The number of halogens is 8. The van der Waals surface area contributed by atoms with Crippen LogP contribution in [0, 0.1) is 0 Å². The Balaban J connectivity index is 4.96. The van der Waals surface area contributed by atoms with Crippen molar-refractivity contribution >= 4 is 11.6 Å². The molecular weight excluding hydrogens is 216 g/mol. The van der Waals surface area contributed by atoms with E-state index in [1.807, 2.05) is 0 Å². The second-order valence-electron chi connectivity index (χ2n) is 1.62. The Morgan fingerprint density at radius 1 is 0.833 bits per heavy atom. The van der Waals surface area contributed by atoms with Crippen LogP contribution < -0.4 is 0 Å². The average molecular weight is 216 g/mol. The lowest BCUT2D eigenvalue weighted by Gasteiger charge is -2.08. The molecule has 12 heavy (non-hydrogen) atoms. The van der Waals surface area contributed by atoms with Gasteiger partial charge in [0.05, 0.1) is 0 Å². The third-order valence-corrected chi connectivity index (χ3v) is 1.07. The third-order valence-electron chi connectivity index (χ3n) is 0.690. The SMILES string of the molecule is F/C(=C(\Cl)C(F)(F)F)C(F)(F)F. The quantitative estimate of drug-likeness (QED) is 0.544. The summed E-state index contributed by atoms with van der Waals surface area (Å²) in [5, 5.41) is -2.80. The smallest absolute Gasteiger partial charge is 0.200 e. The first-order chi connectivity index (χ1) is 5.07. The summed E-state index contributed by atoms with van der Waals surface area (Å²) in [6.07, 6.45) is -11.2. The Labute approximate surface area is 66.6 Å². The Morgan fingerprint density at radius 3 is 1.25 bits per heavy atom. The molecule has 72 valence electrons. The van der Waals surface area contributed by atoms with E-state index in [-0.39, 0.29) is 0 Å². The van der Waals surface area contributed by atoms with Crippen molar-refractivity contribution in [1.29, 1.82) is 0 Å². The van der Waals surface area contributed by atoms with Crippen molar-refractivity contribution in [3.05, 3.63) is 10.9 Å². The van der Waals surface area contributed by atoms with E-state index in [1.54, 1.807) is 0 Å². The zero-order chi connectivity index (χ0) is 10.2. The average Bonchev–Trinajstić information content (AvgIpc) is 1.80. The molecule has 0 radical (unpaired) electrons. The summed E-state index contributed by atoms with van der Waals surface area (Å²) in [6.45, 7) is 0. The van der Waals surface area contributed by atoms with E-state index in [1.165, 1.54) is 0 Å². The number of hydrogen-bond donors (Lipinski definition) is 0. The lowest BCUT2D eigenvalue weighted by molar-refractivity contribution is -0.124. The van der Waals surface area contributed by atoms with Crippen LogP contribution in [0.5, 0.6) is 0 Å². The summed E-state index contributed by atoms with van der Waals surface area (Å²) >= 11 is 4.05. The fraction of sp³-hybridized carbons (Fsp3) is 0.500. The van der Waals surface area contributed by atoms with Gasteiger partial charge < -0.3 is 0 Å². The molecule has 0 atom stereocenters. The van der Waals surface area contributed by atoms with Gasteiger partial charge in [0.15, 0.2) is 5.03 Å². The Bertz CT molecular complexity index is 174. The zero-order valence-electron chi connectivity index (χ0n) is 5.02. The molecule has 0 bridgehead atoms. The maximum absolute atomic E-state index is 11.7. The first-order valence-electron chi connectivity index (χ1n) is 2.26. The first-order valence-corrected chi connectivity index (χ1v) is 2.64. The van der Waals surface area contributed by atoms with Gasteiger partial charge in [0.1, 0.15) is 0 Å². The minimum absolute atomic E-state index is 2.80. The molecule has 0 aromatic heterocycles. The van der Waals surface area contributed by atoms with Gasteiger partial charge in [0.25, 0.3) is 0 Å². The second kappa shape index (κ2) is 3.12. The van der Waals surface area contributed by atoms with Crippen molar-refractivity contribution in [2.75, 3.05) is 0 Å². The maximum Gasteiger partial charge on any atom is 0.444 e. The van der Waals surface area contributed by atoms with Crippen molar-refractivity contribution in [3.8, 4) is 0 Å². The molecule has 0 aromatic rings. The van der Waals surface area contributed by atoms with Gasteiger partial charge in [-0.25, -0.2) is 4.39 Å². The van der Waals surface area contributed by atoms with Crippen LogP contribution in [-0.4, -0.2) is 12.4 Å². The standard InChI is InChI=1S/C4ClF7/c5-1(3(7,8)9)2(6)4(10,11)12/b2-1-. The molecule has 0 rings (SSSR count). The van der Waals surface area contributed by atoms with Crippen molar-refractivity contribution in [2.45, 2.75) is 12.4 Å². The summed E-state index contributed by atoms with van der Waals surface area (Å²) in [6, 6.07) is 0. The van der Waals surface area contributed by atoms with Crippen LogP contribution in [0.25, 0.3) is 0 Å². The van der Waals surface area contributed by atoms with Crippen molar-refractivity contribution in [3.63, 3.8) is 0 Å². The molecule has 0 saturated carbocycles. The highest BCUT2D eigenvalue weighted by Crippen LogP contribution is 2.38.